The van der Waals surface area contributed by atoms with Gasteiger partial charge < -0.3 is 23.9 Å². The number of fused-ring (bicyclic) bond motifs is 2. The molecule has 0 spiro atoms. The van der Waals surface area contributed by atoms with Gasteiger partial charge in [0, 0.05) is 13.1 Å². The molecule has 4 heterocycles. The Kier molecular flexibility index (Phi) is 4.15. The Morgan fingerprint density at radius 3 is 2.68 bits per heavy atom. The van der Waals surface area contributed by atoms with Gasteiger partial charge in [0.25, 0.3) is 0 Å². The summed E-state index contributed by atoms with van der Waals surface area (Å²) in [6.07, 6.45) is 6.77. The van der Waals surface area contributed by atoms with Crippen molar-refractivity contribution in [1.29, 1.82) is 0 Å². The molecule has 3 aliphatic rings. The molecule has 4 atom stereocenters. The van der Waals surface area contributed by atoms with Crippen LogP contribution < -0.4 is 4.90 Å². The lowest BCUT2D eigenvalue weighted by molar-refractivity contribution is -0.194. The molecule has 1 aliphatic carbocycles. The molecular formula is C19H25N5O4. The molecule has 0 aromatic carbocycles. The third kappa shape index (κ3) is 2.72. The highest BCUT2D eigenvalue weighted by Crippen LogP contribution is 2.43. The number of aromatic nitrogens is 4. The zero-order valence-electron chi connectivity index (χ0n) is 16.3. The first-order chi connectivity index (χ1) is 13.5. The fraction of sp³-hybridized carbons (Fsp3) is 0.684. The second kappa shape index (κ2) is 6.47. The summed E-state index contributed by atoms with van der Waals surface area (Å²) in [5.41, 5.74) is 1.39. The lowest BCUT2D eigenvalue weighted by Gasteiger charge is -2.25. The van der Waals surface area contributed by atoms with E-state index < -0.39 is 30.3 Å². The van der Waals surface area contributed by atoms with Gasteiger partial charge in [0.15, 0.2) is 35.3 Å². The van der Waals surface area contributed by atoms with Gasteiger partial charge in [-0.3, -0.25) is 4.57 Å². The first-order valence-corrected chi connectivity index (χ1v) is 9.85. The summed E-state index contributed by atoms with van der Waals surface area (Å²) in [6, 6.07) is 0.474. The van der Waals surface area contributed by atoms with Crippen LogP contribution in [0.15, 0.2) is 12.7 Å². The molecule has 0 N–H and O–H groups in total. The van der Waals surface area contributed by atoms with E-state index in [1.165, 1.54) is 25.7 Å². The van der Waals surface area contributed by atoms with E-state index in [4.69, 9.17) is 14.2 Å². The van der Waals surface area contributed by atoms with E-state index >= 15 is 0 Å². The van der Waals surface area contributed by atoms with E-state index in [1.807, 2.05) is 18.4 Å². The highest BCUT2D eigenvalue weighted by molar-refractivity contribution is 5.83. The maximum absolute atomic E-state index is 11.5. The Labute approximate surface area is 163 Å². The van der Waals surface area contributed by atoms with Crippen molar-refractivity contribution in [3.63, 3.8) is 0 Å². The lowest BCUT2D eigenvalue weighted by atomic mass is 10.1. The molecular weight excluding hydrogens is 362 g/mol. The van der Waals surface area contributed by atoms with Crippen molar-refractivity contribution in [2.45, 2.75) is 75.9 Å². The van der Waals surface area contributed by atoms with Gasteiger partial charge in [-0.25, -0.2) is 15.0 Å². The van der Waals surface area contributed by atoms with Crippen molar-refractivity contribution in [1.82, 2.24) is 19.5 Å². The van der Waals surface area contributed by atoms with Crippen LogP contribution in [0.2, 0.25) is 0 Å². The number of imidazole rings is 1. The minimum atomic E-state index is -0.766. The largest absolute Gasteiger partial charge is 0.355 e. The van der Waals surface area contributed by atoms with Gasteiger partial charge in [-0.2, -0.15) is 0 Å². The van der Waals surface area contributed by atoms with E-state index in [2.05, 4.69) is 26.9 Å². The van der Waals surface area contributed by atoms with Gasteiger partial charge in [-0.1, -0.05) is 12.8 Å². The molecule has 0 radical (unpaired) electrons. The van der Waals surface area contributed by atoms with Gasteiger partial charge in [-0.15, -0.1) is 0 Å². The molecule has 0 amide bonds. The monoisotopic (exact) mass is 387 g/mol. The molecule has 2 aliphatic heterocycles. The summed E-state index contributed by atoms with van der Waals surface area (Å²) >= 11 is 0. The number of hydrogen-bond donors (Lipinski definition) is 0. The van der Waals surface area contributed by atoms with Crippen LogP contribution in [-0.4, -0.2) is 63.0 Å². The fourth-order valence-electron chi connectivity index (χ4n) is 4.69. The Balaban J connectivity index is 1.52. The van der Waals surface area contributed by atoms with Crippen LogP contribution in [0.3, 0.4) is 0 Å². The Morgan fingerprint density at radius 1 is 1.18 bits per heavy atom. The second-order valence-electron chi connectivity index (χ2n) is 8.26. The maximum Gasteiger partial charge on any atom is 0.167 e. The molecule has 28 heavy (non-hydrogen) atoms. The van der Waals surface area contributed by atoms with Crippen LogP contribution in [0.4, 0.5) is 5.82 Å². The van der Waals surface area contributed by atoms with Gasteiger partial charge in [0.2, 0.25) is 0 Å². The standard InChI is InChI=1S/C19H25N5O4/c1-19(2)27-14-12(8-25)26-18(15(14)28-19)24-10-22-13-16(20-9-21-17(13)24)23(3)11-6-4-5-7-11/h8-12,14-15,18H,4-7H2,1-3H3/t12-,14-,15+,18+/m0/s1. The number of anilines is 1. The van der Waals surface area contributed by atoms with Gasteiger partial charge >= 0.3 is 0 Å². The van der Waals surface area contributed by atoms with Crippen LogP contribution >= 0.6 is 0 Å². The molecule has 9 heteroatoms. The minimum absolute atomic E-state index is 0.409. The summed E-state index contributed by atoms with van der Waals surface area (Å²) < 4.78 is 19.7. The zero-order chi connectivity index (χ0) is 19.5. The van der Waals surface area contributed by atoms with Gasteiger partial charge in [0.05, 0.1) is 6.33 Å². The van der Waals surface area contributed by atoms with Gasteiger partial charge in [-0.05, 0) is 26.7 Å². The molecule has 150 valence electrons. The van der Waals surface area contributed by atoms with E-state index in [1.54, 1.807) is 12.7 Å². The van der Waals surface area contributed by atoms with Crippen molar-refractivity contribution in [2.24, 2.45) is 0 Å². The summed E-state index contributed by atoms with van der Waals surface area (Å²) in [6.45, 7) is 3.68. The molecule has 5 rings (SSSR count). The topological polar surface area (TPSA) is 91.6 Å². The average Bonchev–Trinajstić information content (AvgIpc) is 3.43. The van der Waals surface area contributed by atoms with Crippen molar-refractivity contribution < 1.29 is 19.0 Å². The Hall–Kier alpha value is -2.10. The summed E-state index contributed by atoms with van der Waals surface area (Å²) in [5, 5.41) is 0. The minimum Gasteiger partial charge on any atom is -0.355 e. The highest BCUT2D eigenvalue weighted by Gasteiger charge is 2.56. The average molecular weight is 387 g/mol. The van der Waals surface area contributed by atoms with Crippen LogP contribution in [-0.2, 0) is 19.0 Å². The van der Waals surface area contributed by atoms with Crippen LogP contribution in [0, 0.1) is 0 Å². The summed E-state index contributed by atoms with van der Waals surface area (Å²) in [5.74, 6) is 0.0544. The quantitative estimate of drug-likeness (QED) is 0.734. The van der Waals surface area contributed by atoms with Crippen LogP contribution in [0.1, 0.15) is 45.8 Å². The number of hydrogen-bond acceptors (Lipinski definition) is 8. The third-order valence-electron chi connectivity index (χ3n) is 6.02. The Bertz CT molecular complexity index is 894. The van der Waals surface area contributed by atoms with Crippen LogP contribution in [0.25, 0.3) is 11.2 Å². The second-order valence-corrected chi connectivity index (χ2v) is 8.26. The predicted octanol–water partition coefficient (Wildman–Crippen LogP) is 1.82. The van der Waals surface area contributed by atoms with E-state index in [9.17, 15) is 4.79 Å². The van der Waals surface area contributed by atoms with Crippen molar-refractivity contribution in [3.8, 4) is 0 Å². The molecule has 2 aromatic rings. The van der Waals surface area contributed by atoms with Gasteiger partial charge in [0.1, 0.15) is 24.6 Å². The fourth-order valence-corrected chi connectivity index (χ4v) is 4.69. The SMILES string of the molecule is CN(c1ncnc2c1ncn2[C@@H]1O[C@@H](C=O)[C@@H]2OC(C)(C)O[C@H]21)C1CCCC1. The molecule has 0 unspecified atom stereocenters. The normalized spacial score (nSPS) is 32.1. The maximum atomic E-state index is 11.5. The molecule has 2 aromatic heterocycles. The number of carbonyl (C=O) groups excluding carboxylic acids is 1. The molecule has 9 nitrogen and oxygen atoms in total. The summed E-state index contributed by atoms with van der Waals surface area (Å²) in [4.78, 5) is 27.3. The van der Waals surface area contributed by atoms with Crippen LogP contribution in [0.5, 0.6) is 0 Å². The number of aldehydes is 1. The van der Waals surface area contributed by atoms with Crippen molar-refractivity contribution >= 4 is 23.3 Å². The number of nitrogens with zero attached hydrogens (tertiary/aromatic N) is 5. The van der Waals surface area contributed by atoms with Crippen molar-refractivity contribution in [2.75, 3.05) is 11.9 Å². The Morgan fingerprint density at radius 2 is 1.93 bits per heavy atom. The van der Waals surface area contributed by atoms with E-state index in [0.717, 1.165) is 17.6 Å². The van der Waals surface area contributed by atoms with E-state index in [0.29, 0.717) is 11.7 Å². The zero-order valence-corrected chi connectivity index (χ0v) is 16.3. The third-order valence-corrected chi connectivity index (χ3v) is 6.02. The smallest absolute Gasteiger partial charge is 0.167 e. The number of rotatable bonds is 4. The first kappa shape index (κ1) is 18.0. The molecule has 3 fully saturated rings. The predicted molar refractivity (Wildman–Crippen MR) is 99.8 cm³/mol. The number of ether oxygens (including phenoxy) is 3. The van der Waals surface area contributed by atoms with Crippen molar-refractivity contribution in [3.05, 3.63) is 12.7 Å². The molecule has 2 saturated heterocycles. The van der Waals surface area contributed by atoms with E-state index in [-0.39, 0.29) is 0 Å². The molecule has 0 bridgehead atoms. The number of carbonyl (C=O) groups is 1. The first-order valence-electron chi connectivity index (χ1n) is 9.85. The summed E-state index contributed by atoms with van der Waals surface area (Å²) in [7, 11) is 2.07. The highest BCUT2D eigenvalue weighted by atomic mass is 16.8. The molecule has 1 saturated carbocycles. The lowest BCUT2D eigenvalue weighted by Crippen LogP contribution is -2.30.